The molecule has 2 aromatic heterocycles. The predicted molar refractivity (Wildman–Crippen MR) is 92.0 cm³/mol. The van der Waals surface area contributed by atoms with Crippen LogP contribution in [0.4, 0.5) is 10.5 Å². The van der Waals surface area contributed by atoms with E-state index in [0.717, 1.165) is 37.8 Å². The Morgan fingerprint density at radius 3 is 2.83 bits per heavy atom. The van der Waals surface area contributed by atoms with E-state index in [-0.39, 0.29) is 12.1 Å². The van der Waals surface area contributed by atoms with Crippen LogP contribution >= 0.6 is 0 Å². The fraction of sp³-hybridized carbons (Fsp3) is 0.389. The lowest BCUT2D eigenvalue weighted by atomic mass is 10.0. The smallest absolute Gasteiger partial charge is 0.322 e. The number of carbonyl (C=O) groups excluding carboxylic acids is 1. The first-order chi connectivity index (χ1) is 11.8. The number of methoxy groups -OCH3 is 1. The van der Waals surface area contributed by atoms with Crippen molar-refractivity contribution >= 4 is 11.7 Å². The number of anilines is 1. The van der Waals surface area contributed by atoms with Crippen molar-refractivity contribution in [3.05, 3.63) is 48.4 Å². The largest absolute Gasteiger partial charge is 0.481 e. The number of amides is 2. The number of hydrogen-bond donors (Lipinski definition) is 1. The Balaban J connectivity index is 1.79. The first kappa shape index (κ1) is 16.2. The molecular weight excluding hydrogens is 304 g/mol. The van der Waals surface area contributed by atoms with Gasteiger partial charge in [-0.05, 0) is 36.6 Å². The van der Waals surface area contributed by atoms with Crippen molar-refractivity contribution in [2.24, 2.45) is 0 Å². The van der Waals surface area contributed by atoms with Crippen LogP contribution in [-0.2, 0) is 0 Å². The molecule has 0 spiro atoms. The second-order valence-electron chi connectivity index (χ2n) is 5.86. The number of nitrogens with one attached hydrogen (secondary N) is 1. The molecule has 0 aromatic carbocycles. The standard InChI is InChI=1S/C18H22N4O2/c1-24-17-13-15(8-11-20-17)21-18(23)22-12-4-2-3-5-16(22)14-6-9-19-10-7-14/h6-11,13,16H,2-5,12H2,1H3,(H,20,21,23). The zero-order valence-electron chi connectivity index (χ0n) is 13.8. The molecule has 0 radical (unpaired) electrons. The molecule has 2 amide bonds. The second kappa shape index (κ2) is 7.77. The van der Waals surface area contributed by atoms with Gasteiger partial charge in [0.1, 0.15) is 0 Å². The highest BCUT2D eigenvalue weighted by Gasteiger charge is 2.26. The van der Waals surface area contributed by atoms with Crippen molar-refractivity contribution in [1.29, 1.82) is 0 Å². The number of nitrogens with zero attached hydrogens (tertiary/aromatic N) is 3. The molecule has 0 saturated carbocycles. The van der Waals surface area contributed by atoms with Crippen LogP contribution in [0.5, 0.6) is 5.88 Å². The third-order valence-electron chi connectivity index (χ3n) is 4.30. The summed E-state index contributed by atoms with van der Waals surface area (Å²) in [6, 6.07) is 7.46. The van der Waals surface area contributed by atoms with Gasteiger partial charge in [-0.1, -0.05) is 12.8 Å². The summed E-state index contributed by atoms with van der Waals surface area (Å²) in [7, 11) is 1.56. The van der Waals surface area contributed by atoms with Crippen LogP contribution in [0.2, 0.25) is 0 Å². The van der Waals surface area contributed by atoms with E-state index in [1.54, 1.807) is 37.8 Å². The lowest BCUT2D eigenvalue weighted by molar-refractivity contribution is 0.189. The van der Waals surface area contributed by atoms with E-state index in [1.165, 1.54) is 0 Å². The molecule has 0 aliphatic carbocycles. The summed E-state index contributed by atoms with van der Waals surface area (Å²) in [5, 5.41) is 2.97. The fourth-order valence-electron chi connectivity index (χ4n) is 3.08. The maximum absolute atomic E-state index is 12.8. The first-order valence-corrected chi connectivity index (χ1v) is 8.25. The number of aromatic nitrogens is 2. The quantitative estimate of drug-likeness (QED) is 0.935. The average Bonchev–Trinajstić information content (AvgIpc) is 2.88. The molecular formula is C18H22N4O2. The van der Waals surface area contributed by atoms with Crippen molar-refractivity contribution in [1.82, 2.24) is 14.9 Å². The van der Waals surface area contributed by atoms with Crippen LogP contribution in [0.25, 0.3) is 0 Å². The topological polar surface area (TPSA) is 67.3 Å². The van der Waals surface area contributed by atoms with Gasteiger partial charge in [-0.25, -0.2) is 9.78 Å². The molecule has 6 nitrogen and oxygen atoms in total. The van der Waals surface area contributed by atoms with Gasteiger partial charge in [0.25, 0.3) is 0 Å². The van der Waals surface area contributed by atoms with Gasteiger partial charge in [-0.3, -0.25) is 4.98 Å². The van der Waals surface area contributed by atoms with Crippen LogP contribution in [0.15, 0.2) is 42.9 Å². The lowest BCUT2D eigenvalue weighted by Crippen LogP contribution is -2.38. The molecule has 126 valence electrons. The molecule has 1 saturated heterocycles. The Bertz CT molecular complexity index is 678. The van der Waals surface area contributed by atoms with E-state index in [0.29, 0.717) is 11.6 Å². The van der Waals surface area contributed by atoms with E-state index in [9.17, 15) is 4.79 Å². The number of hydrogen-bond acceptors (Lipinski definition) is 4. The van der Waals surface area contributed by atoms with Crippen molar-refractivity contribution in [3.63, 3.8) is 0 Å². The third-order valence-corrected chi connectivity index (χ3v) is 4.30. The van der Waals surface area contributed by atoms with Gasteiger partial charge in [0.15, 0.2) is 0 Å². The van der Waals surface area contributed by atoms with E-state index in [1.807, 2.05) is 17.0 Å². The van der Waals surface area contributed by atoms with Crippen LogP contribution in [0.3, 0.4) is 0 Å². The lowest BCUT2D eigenvalue weighted by Gasteiger charge is -2.30. The monoisotopic (exact) mass is 326 g/mol. The maximum Gasteiger partial charge on any atom is 0.322 e. The fourth-order valence-corrected chi connectivity index (χ4v) is 3.08. The van der Waals surface area contributed by atoms with E-state index >= 15 is 0 Å². The van der Waals surface area contributed by atoms with Gasteiger partial charge in [-0.15, -0.1) is 0 Å². The predicted octanol–water partition coefficient (Wildman–Crippen LogP) is 3.63. The maximum atomic E-state index is 12.8. The average molecular weight is 326 g/mol. The van der Waals surface area contributed by atoms with Crippen molar-refractivity contribution in [2.45, 2.75) is 31.7 Å². The number of rotatable bonds is 3. The van der Waals surface area contributed by atoms with Gasteiger partial charge in [0.05, 0.1) is 13.2 Å². The summed E-state index contributed by atoms with van der Waals surface area (Å²) in [4.78, 5) is 22.9. The second-order valence-corrected chi connectivity index (χ2v) is 5.86. The van der Waals surface area contributed by atoms with Crippen molar-refractivity contribution in [3.8, 4) is 5.88 Å². The molecule has 1 aliphatic heterocycles. The zero-order valence-corrected chi connectivity index (χ0v) is 13.8. The summed E-state index contributed by atoms with van der Waals surface area (Å²) in [6.07, 6.45) is 9.45. The summed E-state index contributed by atoms with van der Waals surface area (Å²) < 4.78 is 5.11. The molecule has 2 aromatic rings. The minimum atomic E-state index is -0.0908. The minimum Gasteiger partial charge on any atom is -0.481 e. The van der Waals surface area contributed by atoms with Gasteiger partial charge in [0, 0.05) is 36.9 Å². The van der Waals surface area contributed by atoms with E-state index in [4.69, 9.17) is 4.74 Å². The molecule has 3 heterocycles. The minimum absolute atomic E-state index is 0.0826. The zero-order chi connectivity index (χ0) is 16.8. The van der Waals surface area contributed by atoms with Crippen molar-refractivity contribution in [2.75, 3.05) is 19.0 Å². The molecule has 3 rings (SSSR count). The summed E-state index contributed by atoms with van der Waals surface area (Å²) in [5.41, 5.74) is 1.82. The van der Waals surface area contributed by atoms with Gasteiger partial charge >= 0.3 is 6.03 Å². The SMILES string of the molecule is COc1cc(NC(=O)N2CCCCCC2c2ccncc2)ccn1. The van der Waals surface area contributed by atoms with Gasteiger partial charge < -0.3 is 15.0 Å². The Morgan fingerprint density at radius 2 is 2.04 bits per heavy atom. The Kier molecular flexibility index (Phi) is 5.25. The summed E-state index contributed by atoms with van der Waals surface area (Å²) in [6.45, 7) is 0.751. The highest BCUT2D eigenvalue weighted by molar-refractivity contribution is 5.89. The van der Waals surface area contributed by atoms with Gasteiger partial charge in [0.2, 0.25) is 5.88 Å². The summed E-state index contributed by atoms with van der Waals surface area (Å²) in [5.74, 6) is 0.481. The Labute approximate surface area is 141 Å². The summed E-state index contributed by atoms with van der Waals surface area (Å²) >= 11 is 0. The highest BCUT2D eigenvalue weighted by Crippen LogP contribution is 2.30. The number of carbonyl (C=O) groups is 1. The molecule has 1 fully saturated rings. The highest BCUT2D eigenvalue weighted by atomic mass is 16.5. The number of likely N-dealkylation sites (tertiary alicyclic amines) is 1. The molecule has 1 N–H and O–H groups in total. The molecule has 1 aliphatic rings. The van der Waals surface area contributed by atoms with Crippen LogP contribution in [0, 0.1) is 0 Å². The van der Waals surface area contributed by atoms with Crippen molar-refractivity contribution < 1.29 is 9.53 Å². The molecule has 6 heteroatoms. The number of pyridine rings is 2. The van der Waals surface area contributed by atoms with Gasteiger partial charge in [-0.2, -0.15) is 0 Å². The van der Waals surface area contributed by atoms with E-state index in [2.05, 4.69) is 15.3 Å². The van der Waals surface area contributed by atoms with E-state index < -0.39 is 0 Å². The molecule has 1 unspecified atom stereocenters. The number of ether oxygens (including phenoxy) is 1. The molecule has 1 atom stereocenters. The first-order valence-electron chi connectivity index (χ1n) is 8.25. The third kappa shape index (κ3) is 3.82. The van der Waals surface area contributed by atoms with Crippen LogP contribution in [-0.4, -0.2) is 34.6 Å². The normalized spacial score (nSPS) is 17.9. The molecule has 24 heavy (non-hydrogen) atoms. The van der Waals surface area contributed by atoms with Crippen LogP contribution < -0.4 is 10.1 Å². The number of urea groups is 1. The Hall–Kier alpha value is -2.63. The van der Waals surface area contributed by atoms with Crippen LogP contribution in [0.1, 0.15) is 37.3 Å². The molecule has 0 bridgehead atoms. The Morgan fingerprint density at radius 1 is 1.21 bits per heavy atom.